The molecule has 0 unspecified atom stereocenters. The first-order valence-electron chi connectivity index (χ1n) is 7.11. The molecule has 0 aliphatic heterocycles. The van der Waals surface area contributed by atoms with Crippen molar-refractivity contribution in [2.24, 2.45) is 7.05 Å². The van der Waals surface area contributed by atoms with Crippen LogP contribution in [0.3, 0.4) is 0 Å². The summed E-state index contributed by atoms with van der Waals surface area (Å²) >= 11 is 0. The van der Waals surface area contributed by atoms with Gasteiger partial charge in [0.15, 0.2) is 5.82 Å². The maximum Gasteiger partial charge on any atom is 0.272 e. The van der Waals surface area contributed by atoms with Crippen LogP contribution in [0.25, 0.3) is 0 Å². The van der Waals surface area contributed by atoms with Crippen LogP contribution in [0.1, 0.15) is 67.6 Å². The number of aryl methyl sites for hydroxylation is 1. The van der Waals surface area contributed by atoms with Crippen LogP contribution in [-0.2, 0) is 7.05 Å². The Labute approximate surface area is 123 Å². The highest BCUT2D eigenvalue weighted by atomic mass is 16.2. The van der Waals surface area contributed by atoms with Gasteiger partial charge in [-0.15, -0.1) is 10.2 Å². The standard InChI is InChI=1S/C13H21N7O/c1-5-6-9(12-15-18-19-16-12)14-13(21)10-7-11(8(2)3)20(4)17-10/h7-9H,5-6H2,1-4H3,(H,14,21)(H,15,16,18,19)/t9-/m1/s1. The molecule has 1 atom stereocenters. The molecule has 0 aliphatic rings. The van der Waals surface area contributed by atoms with Crippen molar-refractivity contribution in [2.45, 2.75) is 45.6 Å². The quantitative estimate of drug-likeness (QED) is 0.836. The molecule has 0 aromatic carbocycles. The second-order valence-corrected chi connectivity index (χ2v) is 5.32. The highest BCUT2D eigenvalue weighted by Gasteiger charge is 2.21. The molecule has 2 N–H and O–H groups in total. The molecule has 1 amide bonds. The first-order chi connectivity index (χ1) is 10.0. The highest BCUT2D eigenvalue weighted by Crippen LogP contribution is 2.17. The molecule has 2 aromatic heterocycles. The van der Waals surface area contributed by atoms with Crippen LogP contribution in [0, 0.1) is 0 Å². The van der Waals surface area contributed by atoms with Crippen LogP contribution in [0.2, 0.25) is 0 Å². The minimum Gasteiger partial charge on any atom is -0.340 e. The van der Waals surface area contributed by atoms with E-state index in [0.717, 1.165) is 18.5 Å². The van der Waals surface area contributed by atoms with Crippen LogP contribution in [0.4, 0.5) is 0 Å². The second kappa shape index (κ2) is 6.47. The summed E-state index contributed by atoms with van der Waals surface area (Å²) in [4.78, 5) is 12.3. The maximum absolute atomic E-state index is 12.3. The van der Waals surface area contributed by atoms with E-state index in [9.17, 15) is 4.79 Å². The largest absolute Gasteiger partial charge is 0.340 e. The fraction of sp³-hybridized carbons (Fsp3) is 0.615. The zero-order valence-corrected chi connectivity index (χ0v) is 12.8. The summed E-state index contributed by atoms with van der Waals surface area (Å²) in [5.74, 6) is 0.582. The monoisotopic (exact) mass is 291 g/mol. The van der Waals surface area contributed by atoms with Gasteiger partial charge in [-0.2, -0.15) is 10.3 Å². The van der Waals surface area contributed by atoms with Gasteiger partial charge in [-0.3, -0.25) is 9.48 Å². The molecule has 0 bridgehead atoms. The lowest BCUT2D eigenvalue weighted by Gasteiger charge is -2.13. The molecule has 2 rings (SSSR count). The van der Waals surface area contributed by atoms with E-state index >= 15 is 0 Å². The molecule has 8 nitrogen and oxygen atoms in total. The van der Waals surface area contributed by atoms with E-state index in [1.54, 1.807) is 4.68 Å². The van der Waals surface area contributed by atoms with E-state index in [-0.39, 0.29) is 11.9 Å². The van der Waals surface area contributed by atoms with Gasteiger partial charge in [-0.05, 0) is 18.4 Å². The number of nitrogens with one attached hydrogen (secondary N) is 2. The number of carbonyl (C=O) groups is 1. The molecule has 0 saturated heterocycles. The minimum atomic E-state index is -0.259. The van der Waals surface area contributed by atoms with Crippen LogP contribution in [0.15, 0.2) is 6.07 Å². The van der Waals surface area contributed by atoms with Crippen LogP contribution < -0.4 is 5.32 Å². The number of amides is 1. The van der Waals surface area contributed by atoms with E-state index in [1.807, 2.05) is 20.0 Å². The van der Waals surface area contributed by atoms with Crippen molar-refractivity contribution in [3.05, 3.63) is 23.3 Å². The molecule has 114 valence electrons. The first kappa shape index (κ1) is 15.1. The smallest absolute Gasteiger partial charge is 0.272 e. The van der Waals surface area contributed by atoms with Gasteiger partial charge in [-0.25, -0.2) is 0 Å². The van der Waals surface area contributed by atoms with E-state index in [2.05, 4.69) is 44.9 Å². The van der Waals surface area contributed by atoms with E-state index in [0.29, 0.717) is 17.4 Å². The molecular weight excluding hydrogens is 270 g/mol. The van der Waals surface area contributed by atoms with Crippen LogP contribution >= 0.6 is 0 Å². The molecule has 0 radical (unpaired) electrons. The number of H-pyrrole nitrogens is 1. The summed E-state index contributed by atoms with van der Waals surface area (Å²) in [6.07, 6.45) is 1.65. The van der Waals surface area contributed by atoms with Gasteiger partial charge in [0.1, 0.15) is 5.69 Å². The maximum atomic E-state index is 12.3. The van der Waals surface area contributed by atoms with Crippen molar-refractivity contribution >= 4 is 5.91 Å². The van der Waals surface area contributed by atoms with Crippen molar-refractivity contribution in [2.75, 3.05) is 0 Å². The highest BCUT2D eigenvalue weighted by molar-refractivity contribution is 5.92. The number of aromatic amines is 1. The van der Waals surface area contributed by atoms with E-state index in [1.165, 1.54) is 0 Å². The van der Waals surface area contributed by atoms with Crippen molar-refractivity contribution in [1.29, 1.82) is 0 Å². The minimum absolute atomic E-state index is 0.222. The lowest BCUT2D eigenvalue weighted by molar-refractivity contribution is 0.0926. The lowest BCUT2D eigenvalue weighted by Crippen LogP contribution is -2.29. The Morgan fingerprint density at radius 2 is 2.24 bits per heavy atom. The third kappa shape index (κ3) is 3.45. The van der Waals surface area contributed by atoms with Gasteiger partial charge in [0, 0.05) is 12.7 Å². The van der Waals surface area contributed by atoms with Crippen LogP contribution in [-0.4, -0.2) is 36.3 Å². The van der Waals surface area contributed by atoms with Gasteiger partial charge < -0.3 is 5.32 Å². The average Bonchev–Trinajstić information content (AvgIpc) is 3.07. The Morgan fingerprint density at radius 3 is 2.76 bits per heavy atom. The summed E-state index contributed by atoms with van der Waals surface area (Å²) in [5, 5.41) is 21.0. The van der Waals surface area contributed by atoms with Gasteiger partial charge >= 0.3 is 0 Å². The van der Waals surface area contributed by atoms with Gasteiger partial charge in [0.05, 0.1) is 6.04 Å². The average molecular weight is 291 g/mol. The summed E-state index contributed by atoms with van der Waals surface area (Å²) in [6, 6.07) is 1.56. The zero-order valence-electron chi connectivity index (χ0n) is 12.8. The fourth-order valence-electron chi connectivity index (χ4n) is 2.24. The third-order valence-corrected chi connectivity index (χ3v) is 3.30. The van der Waals surface area contributed by atoms with Crippen LogP contribution in [0.5, 0.6) is 0 Å². The van der Waals surface area contributed by atoms with Gasteiger partial charge in [-0.1, -0.05) is 32.4 Å². The molecule has 0 aliphatic carbocycles. The Balaban J connectivity index is 2.14. The van der Waals surface area contributed by atoms with E-state index in [4.69, 9.17) is 0 Å². The predicted molar refractivity (Wildman–Crippen MR) is 76.6 cm³/mol. The molecule has 0 spiro atoms. The van der Waals surface area contributed by atoms with Gasteiger partial charge in [0.25, 0.3) is 5.91 Å². The molecule has 0 fully saturated rings. The SMILES string of the molecule is CCC[C@@H](NC(=O)c1cc(C(C)C)n(C)n1)c1nn[nH]n1. The number of carbonyl (C=O) groups excluding carboxylic acids is 1. The van der Waals surface area contributed by atoms with Crippen molar-refractivity contribution in [1.82, 2.24) is 35.7 Å². The van der Waals surface area contributed by atoms with Crippen molar-refractivity contribution < 1.29 is 4.79 Å². The zero-order chi connectivity index (χ0) is 15.4. The fourth-order valence-corrected chi connectivity index (χ4v) is 2.24. The second-order valence-electron chi connectivity index (χ2n) is 5.32. The Kier molecular flexibility index (Phi) is 4.66. The molecule has 8 heteroatoms. The molecule has 2 heterocycles. The lowest BCUT2D eigenvalue weighted by atomic mass is 10.1. The molecular formula is C13H21N7O. The molecule has 2 aromatic rings. The molecule has 0 saturated carbocycles. The number of nitrogens with zero attached hydrogens (tertiary/aromatic N) is 5. The van der Waals surface area contributed by atoms with E-state index < -0.39 is 0 Å². The molecule has 21 heavy (non-hydrogen) atoms. The topological polar surface area (TPSA) is 101 Å². The number of tetrazole rings is 1. The summed E-state index contributed by atoms with van der Waals surface area (Å²) in [5.41, 5.74) is 1.43. The Morgan fingerprint density at radius 1 is 1.48 bits per heavy atom. The number of hydrogen-bond donors (Lipinski definition) is 2. The Hall–Kier alpha value is -2.25. The Bertz CT molecular complexity index is 588. The number of hydrogen-bond acceptors (Lipinski definition) is 5. The first-order valence-corrected chi connectivity index (χ1v) is 7.11. The van der Waals surface area contributed by atoms with Crippen molar-refractivity contribution in [3.8, 4) is 0 Å². The van der Waals surface area contributed by atoms with Gasteiger partial charge in [0.2, 0.25) is 0 Å². The number of rotatable bonds is 6. The predicted octanol–water partition coefficient (Wildman–Crippen LogP) is 1.33. The summed E-state index contributed by atoms with van der Waals surface area (Å²) in [7, 11) is 1.84. The third-order valence-electron chi connectivity index (χ3n) is 3.30. The number of aromatic nitrogens is 6. The van der Waals surface area contributed by atoms with Crippen molar-refractivity contribution in [3.63, 3.8) is 0 Å². The summed E-state index contributed by atoms with van der Waals surface area (Å²) in [6.45, 7) is 6.17. The normalized spacial score (nSPS) is 12.6. The summed E-state index contributed by atoms with van der Waals surface area (Å²) < 4.78 is 1.74.